The van der Waals surface area contributed by atoms with E-state index < -0.39 is 0 Å². The molecular weight excluding hydrogens is 549 g/mol. The molecule has 1 aliphatic carbocycles. The molecule has 202 valence electrons. The Labute approximate surface area is 255 Å². The number of hydrogen-bond donors (Lipinski definition) is 0. The van der Waals surface area contributed by atoms with Gasteiger partial charge in [-0.1, -0.05) is 123 Å². The second-order valence-corrected chi connectivity index (χ2v) is 13.7. The Balaban J connectivity index is 1.23. The van der Waals surface area contributed by atoms with Gasteiger partial charge in [-0.2, -0.15) is 0 Å². The average molecular weight is 577 g/mol. The number of fused-ring (bicyclic) bond motifs is 5. The minimum absolute atomic E-state index is 0.0244. The van der Waals surface area contributed by atoms with E-state index in [9.17, 15) is 0 Å². The van der Waals surface area contributed by atoms with Crippen molar-refractivity contribution in [3.8, 4) is 56.2 Å². The van der Waals surface area contributed by atoms with Crippen LogP contribution in [0.25, 0.3) is 56.2 Å². The van der Waals surface area contributed by atoms with Gasteiger partial charge >= 0.3 is 0 Å². The fourth-order valence-electron chi connectivity index (χ4n) is 6.43. The molecular formula is C38H28N2S2. The molecule has 6 aromatic rings. The lowest BCUT2D eigenvalue weighted by atomic mass is 9.82. The van der Waals surface area contributed by atoms with Crippen LogP contribution in [0.5, 0.6) is 0 Å². The number of nitrogens with zero attached hydrogens (tertiary/aromatic N) is 2. The number of rotatable bonds is 4. The summed E-state index contributed by atoms with van der Waals surface area (Å²) in [5, 5.41) is 1.10. The van der Waals surface area contributed by atoms with Gasteiger partial charge < -0.3 is 0 Å². The topological polar surface area (TPSA) is 25.8 Å². The molecule has 0 bridgehead atoms. The summed E-state index contributed by atoms with van der Waals surface area (Å²) in [7, 11) is 0. The third kappa shape index (κ3) is 4.12. The standard InChI is InChI=1S/C38H28N2S2/c1-38(2)30-15-9-14-28(34(30)29-20-21-33-36(35(29)38)42-23-41-33)24-16-18-27(19-17-24)37-39-31(25-10-5-3-6-11-25)22-32(40-37)26-12-7-4-8-13-26/h3-22H,23H2,1-2H3. The first-order chi connectivity index (χ1) is 20.6. The molecule has 0 spiro atoms. The van der Waals surface area contributed by atoms with Crippen LogP contribution in [0.3, 0.4) is 0 Å². The van der Waals surface area contributed by atoms with Crippen molar-refractivity contribution in [2.45, 2.75) is 29.1 Å². The van der Waals surface area contributed by atoms with E-state index in [-0.39, 0.29) is 5.41 Å². The van der Waals surface area contributed by atoms with E-state index in [4.69, 9.17) is 9.97 Å². The Morgan fingerprint density at radius 3 is 1.88 bits per heavy atom. The highest BCUT2D eigenvalue weighted by Gasteiger charge is 2.40. The Hall–Kier alpha value is -4.12. The molecule has 0 N–H and O–H groups in total. The molecule has 2 aliphatic rings. The van der Waals surface area contributed by atoms with Crippen molar-refractivity contribution in [2.75, 3.05) is 5.08 Å². The lowest BCUT2D eigenvalue weighted by Crippen LogP contribution is -2.16. The summed E-state index contributed by atoms with van der Waals surface area (Å²) in [4.78, 5) is 13.0. The van der Waals surface area contributed by atoms with Gasteiger partial charge in [0.05, 0.1) is 11.4 Å². The third-order valence-electron chi connectivity index (χ3n) is 8.49. The average Bonchev–Trinajstić information content (AvgIpc) is 3.62. The lowest BCUT2D eigenvalue weighted by molar-refractivity contribution is 0.643. The molecule has 0 saturated carbocycles. The zero-order chi connectivity index (χ0) is 28.3. The van der Waals surface area contributed by atoms with Crippen molar-refractivity contribution < 1.29 is 0 Å². The Morgan fingerprint density at radius 1 is 0.571 bits per heavy atom. The van der Waals surface area contributed by atoms with Crippen LogP contribution < -0.4 is 0 Å². The first-order valence-electron chi connectivity index (χ1n) is 14.3. The molecule has 1 aliphatic heterocycles. The van der Waals surface area contributed by atoms with E-state index >= 15 is 0 Å². The second kappa shape index (κ2) is 10.0. The fraction of sp³-hybridized carbons (Fsp3) is 0.105. The minimum atomic E-state index is -0.0244. The van der Waals surface area contributed by atoms with Gasteiger partial charge in [-0.3, -0.25) is 0 Å². The molecule has 4 heteroatoms. The monoisotopic (exact) mass is 576 g/mol. The summed E-state index contributed by atoms with van der Waals surface area (Å²) < 4.78 is 0. The quantitative estimate of drug-likeness (QED) is 0.208. The highest BCUT2D eigenvalue weighted by Crippen LogP contribution is 2.58. The summed E-state index contributed by atoms with van der Waals surface area (Å²) in [6.07, 6.45) is 0. The predicted octanol–water partition coefficient (Wildman–Crippen LogP) is 10.6. The minimum Gasteiger partial charge on any atom is -0.228 e. The lowest BCUT2D eigenvalue weighted by Gasteiger charge is -2.23. The Kier molecular flexibility index (Phi) is 6.09. The molecule has 2 nitrogen and oxygen atoms in total. The predicted molar refractivity (Wildman–Crippen MR) is 178 cm³/mol. The normalized spacial score (nSPS) is 14.3. The summed E-state index contributed by atoms with van der Waals surface area (Å²) >= 11 is 3.96. The van der Waals surface area contributed by atoms with Crippen LogP contribution in [-0.2, 0) is 5.41 Å². The van der Waals surface area contributed by atoms with Crippen LogP contribution >= 0.6 is 23.5 Å². The Morgan fingerprint density at radius 2 is 1.21 bits per heavy atom. The van der Waals surface area contributed by atoms with Crippen LogP contribution in [0, 0.1) is 0 Å². The van der Waals surface area contributed by atoms with Crippen LogP contribution in [0.2, 0.25) is 0 Å². The molecule has 8 rings (SSSR count). The van der Waals surface area contributed by atoms with E-state index in [0.717, 1.165) is 39.0 Å². The number of hydrogen-bond acceptors (Lipinski definition) is 4. The smallest absolute Gasteiger partial charge is 0.160 e. The third-order valence-corrected chi connectivity index (χ3v) is 10.9. The van der Waals surface area contributed by atoms with Crippen LogP contribution in [-0.4, -0.2) is 15.1 Å². The van der Waals surface area contributed by atoms with E-state index in [0.29, 0.717) is 0 Å². The number of benzene rings is 5. The van der Waals surface area contributed by atoms with Gasteiger partial charge in [-0.05, 0) is 45.5 Å². The highest BCUT2D eigenvalue weighted by atomic mass is 32.2. The van der Waals surface area contributed by atoms with Crippen LogP contribution in [0.1, 0.15) is 25.0 Å². The summed E-state index contributed by atoms with van der Waals surface area (Å²) in [5.41, 5.74) is 13.2. The molecule has 0 radical (unpaired) electrons. The molecule has 0 amide bonds. The van der Waals surface area contributed by atoms with E-state index in [2.05, 4.69) is 123 Å². The van der Waals surface area contributed by atoms with Gasteiger partial charge in [0.2, 0.25) is 0 Å². The molecule has 5 aromatic carbocycles. The number of aromatic nitrogens is 2. The molecule has 0 fully saturated rings. The molecule has 0 saturated heterocycles. The largest absolute Gasteiger partial charge is 0.228 e. The molecule has 1 aromatic heterocycles. The summed E-state index contributed by atoms with van der Waals surface area (Å²) in [6.45, 7) is 4.77. The van der Waals surface area contributed by atoms with Gasteiger partial charge in [0.1, 0.15) is 0 Å². The van der Waals surface area contributed by atoms with Crippen molar-refractivity contribution in [3.63, 3.8) is 0 Å². The maximum atomic E-state index is 5.03. The zero-order valence-corrected chi connectivity index (χ0v) is 25.1. The molecule has 42 heavy (non-hydrogen) atoms. The maximum absolute atomic E-state index is 5.03. The van der Waals surface area contributed by atoms with Crippen LogP contribution in [0.15, 0.2) is 131 Å². The van der Waals surface area contributed by atoms with Crippen molar-refractivity contribution >= 4 is 23.5 Å². The van der Waals surface area contributed by atoms with Crippen LogP contribution in [0.4, 0.5) is 0 Å². The van der Waals surface area contributed by atoms with Gasteiger partial charge in [0.25, 0.3) is 0 Å². The van der Waals surface area contributed by atoms with Gasteiger partial charge in [-0.15, -0.1) is 23.5 Å². The second-order valence-electron chi connectivity index (χ2n) is 11.3. The van der Waals surface area contributed by atoms with Gasteiger partial charge in [0.15, 0.2) is 5.82 Å². The molecule has 0 atom stereocenters. The molecule has 2 heterocycles. The number of thioether (sulfide) groups is 2. The zero-order valence-electron chi connectivity index (χ0n) is 23.5. The molecule has 0 unspecified atom stereocenters. The summed E-state index contributed by atoms with van der Waals surface area (Å²) in [6, 6.07) is 43.1. The van der Waals surface area contributed by atoms with E-state index in [1.807, 2.05) is 35.7 Å². The van der Waals surface area contributed by atoms with Crippen molar-refractivity contribution in [3.05, 3.63) is 132 Å². The van der Waals surface area contributed by atoms with E-state index in [1.165, 1.54) is 43.2 Å². The van der Waals surface area contributed by atoms with Crippen molar-refractivity contribution in [1.29, 1.82) is 0 Å². The first-order valence-corrected chi connectivity index (χ1v) is 16.2. The van der Waals surface area contributed by atoms with Gasteiger partial charge in [-0.25, -0.2) is 9.97 Å². The fourth-order valence-corrected chi connectivity index (χ4v) is 9.11. The first kappa shape index (κ1) is 25.6. The van der Waals surface area contributed by atoms with E-state index in [1.54, 1.807) is 0 Å². The SMILES string of the molecule is CC1(C)c2cccc(-c3ccc(-c4nc(-c5ccccc5)cc(-c5ccccc5)n4)cc3)c2-c2ccc3c(c21)SCS3. The highest BCUT2D eigenvalue weighted by molar-refractivity contribution is 8.18. The van der Waals surface area contributed by atoms with Crippen molar-refractivity contribution in [1.82, 2.24) is 9.97 Å². The maximum Gasteiger partial charge on any atom is 0.160 e. The Bertz CT molecular complexity index is 1910. The van der Waals surface area contributed by atoms with Gasteiger partial charge in [0, 0.05) is 37.0 Å². The van der Waals surface area contributed by atoms with Crippen molar-refractivity contribution in [2.24, 2.45) is 0 Å². The summed E-state index contributed by atoms with van der Waals surface area (Å²) in [5.74, 6) is 0.733.